The van der Waals surface area contributed by atoms with Crippen molar-refractivity contribution in [1.82, 2.24) is 5.32 Å². The average molecular weight is 250 g/mol. The van der Waals surface area contributed by atoms with Crippen molar-refractivity contribution < 1.29 is 14.6 Å². The molecule has 1 aromatic carbocycles. The molecule has 5 heteroatoms. The van der Waals surface area contributed by atoms with Crippen LogP contribution in [-0.4, -0.2) is 23.7 Å². The third-order valence-corrected chi connectivity index (χ3v) is 3.39. The quantitative estimate of drug-likeness (QED) is 0.739. The molecular formula is C13H18N2O3. The van der Waals surface area contributed by atoms with Gasteiger partial charge in [0.05, 0.1) is 0 Å². The molecule has 18 heavy (non-hydrogen) atoms. The van der Waals surface area contributed by atoms with Crippen molar-refractivity contribution in [3.05, 3.63) is 23.8 Å². The lowest BCUT2D eigenvalue weighted by molar-refractivity contribution is -0.125. The summed E-state index contributed by atoms with van der Waals surface area (Å²) in [7, 11) is 0. The Hall–Kier alpha value is -1.75. The number of rotatable bonds is 4. The summed E-state index contributed by atoms with van der Waals surface area (Å²) in [5.74, 6) is 0.148. The molecule has 0 radical (unpaired) electrons. The molecule has 4 N–H and O–H groups in total. The maximum Gasteiger partial charge on any atom is 0.246 e. The van der Waals surface area contributed by atoms with Gasteiger partial charge in [0.1, 0.15) is 18.1 Å². The maximum atomic E-state index is 11.8. The fraction of sp³-hybridized carbons (Fsp3) is 0.462. The van der Waals surface area contributed by atoms with Gasteiger partial charge in [-0.15, -0.1) is 0 Å². The third-order valence-electron chi connectivity index (χ3n) is 3.39. The molecule has 1 aliphatic heterocycles. The smallest absolute Gasteiger partial charge is 0.246 e. The Bertz CT molecular complexity index is 475. The van der Waals surface area contributed by atoms with Gasteiger partial charge in [0.2, 0.25) is 5.91 Å². The highest BCUT2D eigenvalue weighted by Crippen LogP contribution is 2.39. The third kappa shape index (κ3) is 1.90. The zero-order valence-corrected chi connectivity index (χ0v) is 10.6. The van der Waals surface area contributed by atoms with E-state index in [1.165, 1.54) is 12.1 Å². The standard InChI is InChI=1S/C13H18N2O3/c1-3-8(2)15-13(12(14)17)7-18-11-6-9(16)4-5-10(11)13/h4-6,8,15-16H,3,7H2,1-2H3,(H2,14,17). The lowest BCUT2D eigenvalue weighted by Crippen LogP contribution is -2.56. The van der Waals surface area contributed by atoms with Gasteiger partial charge < -0.3 is 15.6 Å². The molecule has 1 aromatic rings. The van der Waals surface area contributed by atoms with E-state index in [2.05, 4.69) is 5.32 Å². The fourth-order valence-corrected chi connectivity index (χ4v) is 2.16. The van der Waals surface area contributed by atoms with Crippen molar-refractivity contribution in [2.45, 2.75) is 31.8 Å². The molecule has 2 atom stereocenters. The van der Waals surface area contributed by atoms with E-state index in [0.29, 0.717) is 11.3 Å². The Labute approximate surface area is 106 Å². The second-order valence-corrected chi connectivity index (χ2v) is 4.69. The van der Waals surface area contributed by atoms with Crippen molar-refractivity contribution in [1.29, 1.82) is 0 Å². The van der Waals surface area contributed by atoms with E-state index in [4.69, 9.17) is 10.5 Å². The zero-order chi connectivity index (χ0) is 13.3. The minimum Gasteiger partial charge on any atom is -0.508 e. The van der Waals surface area contributed by atoms with E-state index in [9.17, 15) is 9.90 Å². The van der Waals surface area contributed by atoms with E-state index < -0.39 is 11.4 Å². The van der Waals surface area contributed by atoms with Crippen molar-refractivity contribution in [2.24, 2.45) is 5.73 Å². The molecule has 0 bridgehead atoms. The summed E-state index contributed by atoms with van der Waals surface area (Å²) >= 11 is 0. The van der Waals surface area contributed by atoms with Gasteiger partial charge in [-0.1, -0.05) is 6.92 Å². The van der Waals surface area contributed by atoms with E-state index in [1.54, 1.807) is 6.07 Å². The van der Waals surface area contributed by atoms with Crippen molar-refractivity contribution in [3.8, 4) is 11.5 Å². The molecule has 5 nitrogen and oxygen atoms in total. The molecule has 0 saturated heterocycles. The highest BCUT2D eigenvalue weighted by atomic mass is 16.5. The number of hydrogen-bond acceptors (Lipinski definition) is 4. The number of ether oxygens (including phenoxy) is 1. The number of carbonyl (C=O) groups excluding carboxylic acids is 1. The molecule has 0 fully saturated rings. The monoisotopic (exact) mass is 250 g/mol. The van der Waals surface area contributed by atoms with E-state index in [0.717, 1.165) is 6.42 Å². The molecule has 1 heterocycles. The van der Waals surface area contributed by atoms with Crippen LogP contribution in [0.1, 0.15) is 25.8 Å². The van der Waals surface area contributed by atoms with E-state index in [1.807, 2.05) is 13.8 Å². The Balaban J connectivity index is 2.44. The van der Waals surface area contributed by atoms with Crippen LogP contribution in [0, 0.1) is 0 Å². The van der Waals surface area contributed by atoms with Crippen LogP contribution < -0.4 is 15.8 Å². The van der Waals surface area contributed by atoms with Gasteiger partial charge in [-0.2, -0.15) is 0 Å². The van der Waals surface area contributed by atoms with Crippen LogP contribution in [0.3, 0.4) is 0 Å². The first kappa shape index (κ1) is 12.7. The number of primary amides is 1. The fourth-order valence-electron chi connectivity index (χ4n) is 2.16. The van der Waals surface area contributed by atoms with Gasteiger partial charge in [0.15, 0.2) is 5.54 Å². The number of amides is 1. The first-order valence-corrected chi connectivity index (χ1v) is 6.03. The highest BCUT2D eigenvalue weighted by molar-refractivity contribution is 5.88. The first-order chi connectivity index (χ1) is 8.49. The van der Waals surface area contributed by atoms with Gasteiger partial charge in [0.25, 0.3) is 0 Å². The number of nitrogens with one attached hydrogen (secondary N) is 1. The van der Waals surface area contributed by atoms with Crippen LogP contribution in [0.5, 0.6) is 11.5 Å². The second kappa shape index (κ2) is 4.49. The van der Waals surface area contributed by atoms with Crippen molar-refractivity contribution in [3.63, 3.8) is 0 Å². The number of aromatic hydroxyl groups is 1. The Morgan fingerprint density at radius 1 is 1.67 bits per heavy atom. The molecule has 0 spiro atoms. The molecule has 1 amide bonds. The lowest BCUT2D eigenvalue weighted by atomic mass is 9.90. The van der Waals surface area contributed by atoms with Crippen LogP contribution in [0.25, 0.3) is 0 Å². The summed E-state index contributed by atoms with van der Waals surface area (Å²) < 4.78 is 5.48. The Morgan fingerprint density at radius 2 is 2.39 bits per heavy atom. The summed E-state index contributed by atoms with van der Waals surface area (Å²) in [6, 6.07) is 4.85. The number of benzene rings is 1. The number of phenols is 1. The molecule has 98 valence electrons. The number of nitrogens with two attached hydrogens (primary N) is 1. The molecule has 0 aromatic heterocycles. The van der Waals surface area contributed by atoms with Crippen LogP contribution in [0.4, 0.5) is 0 Å². The number of hydrogen-bond donors (Lipinski definition) is 3. The topological polar surface area (TPSA) is 84.6 Å². The highest BCUT2D eigenvalue weighted by Gasteiger charge is 2.46. The van der Waals surface area contributed by atoms with Gasteiger partial charge >= 0.3 is 0 Å². The summed E-state index contributed by atoms with van der Waals surface area (Å²) in [4.78, 5) is 11.8. The van der Waals surface area contributed by atoms with Gasteiger partial charge in [-0.3, -0.25) is 10.1 Å². The van der Waals surface area contributed by atoms with Crippen LogP contribution >= 0.6 is 0 Å². The van der Waals surface area contributed by atoms with Crippen LogP contribution in [0.2, 0.25) is 0 Å². The summed E-state index contributed by atoms with van der Waals surface area (Å²) in [5.41, 5.74) is 5.23. The Kier molecular flexibility index (Phi) is 3.17. The number of carbonyl (C=O) groups is 1. The molecule has 0 saturated carbocycles. The molecular weight excluding hydrogens is 232 g/mol. The predicted molar refractivity (Wildman–Crippen MR) is 67.4 cm³/mol. The van der Waals surface area contributed by atoms with Gasteiger partial charge in [0, 0.05) is 17.7 Å². The zero-order valence-electron chi connectivity index (χ0n) is 10.6. The van der Waals surface area contributed by atoms with Crippen LogP contribution in [0.15, 0.2) is 18.2 Å². The first-order valence-electron chi connectivity index (χ1n) is 6.03. The molecule has 1 aliphatic rings. The van der Waals surface area contributed by atoms with E-state index >= 15 is 0 Å². The van der Waals surface area contributed by atoms with Gasteiger partial charge in [-0.25, -0.2) is 0 Å². The molecule has 2 unspecified atom stereocenters. The number of phenolic OH excluding ortho intramolecular Hbond substituents is 1. The average Bonchev–Trinajstić information content (AvgIpc) is 2.68. The lowest BCUT2D eigenvalue weighted by Gasteiger charge is -2.29. The maximum absolute atomic E-state index is 11.8. The Morgan fingerprint density at radius 3 is 3.00 bits per heavy atom. The van der Waals surface area contributed by atoms with Crippen LogP contribution in [-0.2, 0) is 10.3 Å². The van der Waals surface area contributed by atoms with E-state index in [-0.39, 0.29) is 18.4 Å². The molecule has 0 aliphatic carbocycles. The SMILES string of the molecule is CCC(C)NC1(C(N)=O)COc2cc(O)ccc21. The van der Waals surface area contributed by atoms with Crippen molar-refractivity contribution in [2.75, 3.05) is 6.61 Å². The minimum absolute atomic E-state index is 0.109. The minimum atomic E-state index is -1.00. The largest absolute Gasteiger partial charge is 0.508 e. The second-order valence-electron chi connectivity index (χ2n) is 4.69. The van der Waals surface area contributed by atoms with Gasteiger partial charge in [-0.05, 0) is 25.5 Å². The summed E-state index contributed by atoms with van der Waals surface area (Å²) in [5, 5.41) is 12.7. The van der Waals surface area contributed by atoms with Crippen molar-refractivity contribution >= 4 is 5.91 Å². The predicted octanol–water partition coefficient (Wildman–Crippen LogP) is 0.853. The number of fused-ring (bicyclic) bond motifs is 1. The normalized spacial score (nSPS) is 23.2. The summed E-state index contributed by atoms with van der Waals surface area (Å²) in [6.45, 7) is 4.18. The summed E-state index contributed by atoms with van der Waals surface area (Å²) in [6.07, 6.45) is 0.877. The molecule has 2 rings (SSSR count).